The van der Waals surface area contributed by atoms with Crippen LogP contribution in [-0.2, 0) is 19.1 Å². The minimum atomic E-state index is -1.02. The van der Waals surface area contributed by atoms with E-state index in [0.29, 0.717) is 12.8 Å². The van der Waals surface area contributed by atoms with Gasteiger partial charge < -0.3 is 20.1 Å². The van der Waals surface area contributed by atoms with Crippen LogP contribution in [0.3, 0.4) is 0 Å². The molecule has 0 bridgehead atoms. The second-order valence-electron chi connectivity index (χ2n) is 9.66. The molecule has 1 saturated carbocycles. The van der Waals surface area contributed by atoms with Gasteiger partial charge in [-0.2, -0.15) is 0 Å². The molecule has 0 unspecified atom stereocenters. The number of ether oxygens (including phenoxy) is 1. The highest BCUT2D eigenvalue weighted by atomic mass is 16.5. The number of Topliss-reactive ketones (excluding diaryl/α,β-unsaturated/α-hetero) is 1. The number of aliphatic carboxylic acids is 1. The highest BCUT2D eigenvalue weighted by molar-refractivity contribution is 5.84. The van der Waals surface area contributed by atoms with Gasteiger partial charge in [0.05, 0.1) is 31.7 Å². The Morgan fingerprint density at radius 3 is 2.58 bits per heavy atom. The van der Waals surface area contributed by atoms with Crippen LogP contribution >= 0.6 is 0 Å². The molecule has 4 atom stereocenters. The summed E-state index contributed by atoms with van der Waals surface area (Å²) < 4.78 is 4.98. The molecule has 33 heavy (non-hydrogen) atoms. The third kappa shape index (κ3) is 11.1. The number of aliphatic hydroxyl groups excluding tert-OH is 2. The van der Waals surface area contributed by atoms with E-state index < -0.39 is 24.1 Å². The van der Waals surface area contributed by atoms with Gasteiger partial charge in [-0.3, -0.25) is 14.4 Å². The summed E-state index contributed by atoms with van der Waals surface area (Å²) in [5.74, 6) is -2.04. The standard InChI is InChI=1S/C26H42O7/c1-4-5-16-26(2,3)23(29)13-12-20-19(21(27)18-22(20)28)11-9-7-6-8-10-17-33-25(32)15-14-24(30)31/h7,9,12-13,19-20,22-23,28-29H,4-6,8,10-11,14-18H2,1-3H3,(H,30,31)/b9-7-,13-12+/t19-,20-,22-,23-/m1/s1. The van der Waals surface area contributed by atoms with Crippen molar-refractivity contribution in [1.29, 1.82) is 0 Å². The predicted octanol–water partition coefficient (Wildman–Crippen LogP) is 4.21. The summed E-state index contributed by atoms with van der Waals surface area (Å²) >= 11 is 0. The Kier molecular flexibility index (Phi) is 13.2. The molecular weight excluding hydrogens is 424 g/mol. The molecule has 0 spiro atoms. The van der Waals surface area contributed by atoms with Crippen LogP contribution in [0.1, 0.15) is 85.0 Å². The Morgan fingerprint density at radius 1 is 1.18 bits per heavy atom. The van der Waals surface area contributed by atoms with Gasteiger partial charge in [-0.05, 0) is 37.5 Å². The molecule has 188 valence electrons. The van der Waals surface area contributed by atoms with Gasteiger partial charge in [0.15, 0.2) is 0 Å². The molecule has 0 heterocycles. The van der Waals surface area contributed by atoms with Gasteiger partial charge in [0.2, 0.25) is 0 Å². The van der Waals surface area contributed by atoms with E-state index in [-0.39, 0.29) is 48.9 Å². The van der Waals surface area contributed by atoms with Crippen molar-refractivity contribution in [2.45, 2.75) is 97.2 Å². The summed E-state index contributed by atoms with van der Waals surface area (Å²) in [4.78, 5) is 34.1. The molecule has 0 aliphatic heterocycles. The van der Waals surface area contributed by atoms with Crippen LogP contribution < -0.4 is 0 Å². The fourth-order valence-electron chi connectivity index (χ4n) is 3.99. The number of carbonyl (C=O) groups excluding carboxylic acids is 2. The summed E-state index contributed by atoms with van der Waals surface area (Å²) in [7, 11) is 0. The number of unbranched alkanes of at least 4 members (excludes halogenated alkanes) is 3. The lowest BCUT2D eigenvalue weighted by atomic mass is 9.80. The molecule has 1 fully saturated rings. The Labute approximate surface area is 197 Å². The van der Waals surface area contributed by atoms with Crippen LogP contribution in [0.25, 0.3) is 0 Å². The Hall–Kier alpha value is -1.99. The van der Waals surface area contributed by atoms with Crippen molar-refractivity contribution in [2.24, 2.45) is 17.3 Å². The Balaban J connectivity index is 2.41. The monoisotopic (exact) mass is 466 g/mol. The van der Waals surface area contributed by atoms with Gasteiger partial charge in [0, 0.05) is 18.3 Å². The van der Waals surface area contributed by atoms with Crippen molar-refractivity contribution in [3.63, 3.8) is 0 Å². The second-order valence-corrected chi connectivity index (χ2v) is 9.66. The van der Waals surface area contributed by atoms with E-state index in [1.54, 1.807) is 6.08 Å². The zero-order chi connectivity index (χ0) is 24.9. The summed E-state index contributed by atoms with van der Waals surface area (Å²) in [6, 6.07) is 0. The highest BCUT2D eigenvalue weighted by Crippen LogP contribution is 2.35. The fraction of sp³-hybridized carbons (Fsp3) is 0.731. The van der Waals surface area contributed by atoms with Crippen molar-refractivity contribution in [3.8, 4) is 0 Å². The minimum absolute atomic E-state index is 0.0507. The van der Waals surface area contributed by atoms with E-state index in [9.17, 15) is 24.6 Å². The van der Waals surface area contributed by atoms with Crippen LogP contribution in [0, 0.1) is 17.3 Å². The lowest BCUT2D eigenvalue weighted by molar-refractivity contribution is -0.147. The van der Waals surface area contributed by atoms with Crippen LogP contribution in [0.15, 0.2) is 24.3 Å². The van der Waals surface area contributed by atoms with Crippen molar-refractivity contribution < 1.29 is 34.4 Å². The topological polar surface area (TPSA) is 121 Å². The average Bonchev–Trinajstić information content (AvgIpc) is 3.02. The SMILES string of the molecule is CCCCC(C)(C)[C@H](O)/C=C/[C@H]1[C@H](O)CC(=O)[C@@H]1C/C=C\CCCCOC(=O)CCC(=O)O. The predicted molar refractivity (Wildman–Crippen MR) is 127 cm³/mol. The van der Waals surface area contributed by atoms with Gasteiger partial charge >= 0.3 is 11.9 Å². The van der Waals surface area contributed by atoms with E-state index in [1.165, 1.54) is 0 Å². The Bertz CT molecular complexity index is 680. The first-order valence-electron chi connectivity index (χ1n) is 12.2. The van der Waals surface area contributed by atoms with E-state index in [2.05, 4.69) is 6.92 Å². The molecule has 0 saturated heterocycles. The smallest absolute Gasteiger partial charge is 0.306 e. The van der Waals surface area contributed by atoms with Crippen molar-refractivity contribution in [2.75, 3.05) is 6.61 Å². The molecule has 0 amide bonds. The summed E-state index contributed by atoms with van der Waals surface area (Å²) in [6.45, 7) is 6.45. The third-order valence-corrected chi connectivity index (χ3v) is 6.35. The first kappa shape index (κ1) is 29.0. The maximum Gasteiger partial charge on any atom is 0.306 e. The molecule has 7 heteroatoms. The maximum absolute atomic E-state index is 12.4. The summed E-state index contributed by atoms with van der Waals surface area (Å²) in [6.07, 6.45) is 11.9. The normalized spacial score (nSPS) is 22.3. The lowest BCUT2D eigenvalue weighted by Crippen LogP contribution is -2.28. The molecule has 3 N–H and O–H groups in total. The molecule has 0 aromatic carbocycles. The zero-order valence-electron chi connectivity index (χ0n) is 20.4. The van der Waals surface area contributed by atoms with Crippen LogP contribution in [0.5, 0.6) is 0 Å². The molecule has 0 radical (unpaired) electrons. The molecular formula is C26H42O7. The Morgan fingerprint density at radius 2 is 1.91 bits per heavy atom. The highest BCUT2D eigenvalue weighted by Gasteiger charge is 2.39. The summed E-state index contributed by atoms with van der Waals surface area (Å²) in [5.41, 5.74) is -0.250. The lowest BCUT2D eigenvalue weighted by Gasteiger charge is -2.29. The van der Waals surface area contributed by atoms with Gasteiger partial charge in [-0.1, -0.05) is 57.9 Å². The molecule has 0 aromatic rings. The number of ketones is 1. The van der Waals surface area contributed by atoms with Crippen LogP contribution in [-0.4, -0.2) is 51.9 Å². The van der Waals surface area contributed by atoms with Gasteiger partial charge in [0.1, 0.15) is 5.78 Å². The molecule has 0 aromatic heterocycles. The van der Waals surface area contributed by atoms with E-state index in [0.717, 1.165) is 32.1 Å². The minimum Gasteiger partial charge on any atom is -0.481 e. The second kappa shape index (κ2) is 15.0. The van der Waals surface area contributed by atoms with E-state index >= 15 is 0 Å². The first-order valence-corrected chi connectivity index (χ1v) is 12.2. The largest absolute Gasteiger partial charge is 0.481 e. The number of hydrogen-bond acceptors (Lipinski definition) is 6. The van der Waals surface area contributed by atoms with Gasteiger partial charge in [-0.15, -0.1) is 0 Å². The molecule has 1 rings (SSSR count). The number of carboxylic acid groups (broad SMARTS) is 1. The van der Waals surface area contributed by atoms with Gasteiger partial charge in [0.25, 0.3) is 0 Å². The van der Waals surface area contributed by atoms with Crippen molar-refractivity contribution >= 4 is 17.7 Å². The quantitative estimate of drug-likeness (QED) is 0.177. The number of aliphatic hydroxyl groups is 2. The van der Waals surface area contributed by atoms with Gasteiger partial charge in [-0.25, -0.2) is 0 Å². The van der Waals surface area contributed by atoms with E-state index in [1.807, 2.05) is 32.1 Å². The number of carbonyl (C=O) groups is 3. The zero-order valence-corrected chi connectivity index (χ0v) is 20.4. The van der Waals surface area contributed by atoms with Crippen molar-refractivity contribution in [1.82, 2.24) is 0 Å². The first-order chi connectivity index (χ1) is 15.6. The number of carboxylic acids is 1. The molecule has 1 aliphatic carbocycles. The fourth-order valence-corrected chi connectivity index (χ4v) is 3.99. The number of allylic oxidation sites excluding steroid dienone is 2. The average molecular weight is 467 g/mol. The molecule has 1 aliphatic rings. The number of hydrogen-bond donors (Lipinski definition) is 3. The van der Waals surface area contributed by atoms with Crippen molar-refractivity contribution in [3.05, 3.63) is 24.3 Å². The maximum atomic E-state index is 12.4. The van der Waals surface area contributed by atoms with Crippen LogP contribution in [0.2, 0.25) is 0 Å². The van der Waals surface area contributed by atoms with E-state index in [4.69, 9.17) is 9.84 Å². The molecule has 7 nitrogen and oxygen atoms in total. The third-order valence-electron chi connectivity index (χ3n) is 6.35. The van der Waals surface area contributed by atoms with Crippen LogP contribution in [0.4, 0.5) is 0 Å². The number of rotatable bonds is 16. The number of esters is 1. The summed E-state index contributed by atoms with van der Waals surface area (Å²) in [5, 5.41) is 29.5.